The first-order chi connectivity index (χ1) is 9.69. The highest BCUT2D eigenvalue weighted by Crippen LogP contribution is 2.16. The Morgan fingerprint density at radius 1 is 1.15 bits per heavy atom. The Kier molecular flexibility index (Phi) is 5.01. The molecule has 0 fully saturated rings. The van der Waals surface area contributed by atoms with Crippen molar-refractivity contribution in [1.29, 1.82) is 0 Å². The fraction of sp³-hybridized carbons (Fsp3) is 0.133. The maximum absolute atomic E-state index is 11.8. The van der Waals surface area contributed by atoms with Crippen LogP contribution in [0.5, 0.6) is 5.75 Å². The quantitative estimate of drug-likeness (QED) is 0.893. The molecule has 0 aliphatic rings. The lowest BCUT2D eigenvalue weighted by Gasteiger charge is -2.09. The number of methoxy groups -OCH3 is 1. The summed E-state index contributed by atoms with van der Waals surface area (Å²) in [4.78, 5) is 11.8. The van der Waals surface area contributed by atoms with Crippen LogP contribution in [0.3, 0.4) is 0 Å². The summed E-state index contributed by atoms with van der Waals surface area (Å²) in [5.41, 5.74) is 1.74. The van der Waals surface area contributed by atoms with Crippen molar-refractivity contribution in [2.75, 3.05) is 12.4 Å². The second-order valence-electron chi connectivity index (χ2n) is 4.13. The van der Waals surface area contributed by atoms with Crippen LogP contribution in [-0.2, 0) is 6.54 Å². The molecule has 0 heterocycles. The van der Waals surface area contributed by atoms with Crippen molar-refractivity contribution in [2.24, 2.45) is 0 Å². The summed E-state index contributed by atoms with van der Waals surface area (Å²) in [6.07, 6.45) is 0. The van der Waals surface area contributed by atoms with Gasteiger partial charge in [-0.05, 0) is 35.9 Å². The van der Waals surface area contributed by atoms with Crippen LogP contribution in [0.15, 0.2) is 53.0 Å². The van der Waals surface area contributed by atoms with Gasteiger partial charge in [-0.25, -0.2) is 4.79 Å². The molecule has 0 radical (unpaired) electrons. The van der Waals surface area contributed by atoms with Crippen molar-refractivity contribution in [3.8, 4) is 5.75 Å². The van der Waals surface area contributed by atoms with Gasteiger partial charge in [0.2, 0.25) is 0 Å². The number of rotatable bonds is 4. The first-order valence-electron chi connectivity index (χ1n) is 6.11. The summed E-state index contributed by atoms with van der Waals surface area (Å²) >= 11 is 3.44. The molecule has 2 amide bonds. The Morgan fingerprint density at radius 2 is 1.85 bits per heavy atom. The highest BCUT2D eigenvalue weighted by Gasteiger charge is 2.03. The van der Waals surface area contributed by atoms with Gasteiger partial charge in [0.1, 0.15) is 5.75 Å². The standard InChI is InChI=1S/C15H15BrN2O2/c1-20-13-8-6-12(7-9-13)18-15(19)17-10-11-4-2-3-5-14(11)16/h2-9H,10H2,1H3,(H2,17,18,19). The Labute approximate surface area is 126 Å². The largest absolute Gasteiger partial charge is 0.497 e. The van der Waals surface area contributed by atoms with Gasteiger partial charge in [0.25, 0.3) is 0 Å². The number of carbonyl (C=O) groups excluding carboxylic acids is 1. The number of carbonyl (C=O) groups is 1. The molecule has 0 spiro atoms. The molecule has 0 saturated heterocycles. The minimum Gasteiger partial charge on any atom is -0.497 e. The lowest BCUT2D eigenvalue weighted by molar-refractivity contribution is 0.251. The number of nitrogens with one attached hydrogen (secondary N) is 2. The number of urea groups is 1. The lowest BCUT2D eigenvalue weighted by Crippen LogP contribution is -2.28. The molecule has 2 N–H and O–H groups in total. The molecule has 20 heavy (non-hydrogen) atoms. The topological polar surface area (TPSA) is 50.4 Å². The van der Waals surface area contributed by atoms with Crippen LogP contribution in [0.1, 0.15) is 5.56 Å². The zero-order valence-electron chi connectivity index (χ0n) is 11.0. The normalized spacial score (nSPS) is 9.90. The van der Waals surface area contributed by atoms with Gasteiger partial charge in [-0.1, -0.05) is 34.1 Å². The van der Waals surface area contributed by atoms with Gasteiger partial charge < -0.3 is 15.4 Å². The molecule has 0 aromatic heterocycles. The molecule has 2 aromatic carbocycles. The van der Waals surface area contributed by atoms with Gasteiger partial charge >= 0.3 is 6.03 Å². The average molecular weight is 335 g/mol. The summed E-state index contributed by atoms with van der Waals surface area (Å²) in [6, 6.07) is 14.7. The van der Waals surface area contributed by atoms with Gasteiger partial charge in [0.05, 0.1) is 7.11 Å². The molecule has 5 heteroatoms. The lowest BCUT2D eigenvalue weighted by atomic mass is 10.2. The highest BCUT2D eigenvalue weighted by molar-refractivity contribution is 9.10. The molecule has 0 bridgehead atoms. The van der Waals surface area contributed by atoms with Crippen LogP contribution in [0.2, 0.25) is 0 Å². The van der Waals surface area contributed by atoms with E-state index < -0.39 is 0 Å². The van der Waals surface area contributed by atoms with E-state index in [-0.39, 0.29) is 6.03 Å². The van der Waals surface area contributed by atoms with E-state index in [1.54, 1.807) is 31.4 Å². The van der Waals surface area contributed by atoms with Gasteiger partial charge in [0, 0.05) is 16.7 Å². The van der Waals surface area contributed by atoms with E-state index in [1.165, 1.54) is 0 Å². The van der Waals surface area contributed by atoms with E-state index in [0.717, 1.165) is 21.5 Å². The zero-order chi connectivity index (χ0) is 14.4. The first kappa shape index (κ1) is 14.4. The predicted molar refractivity (Wildman–Crippen MR) is 83.0 cm³/mol. The third-order valence-electron chi connectivity index (χ3n) is 2.75. The average Bonchev–Trinajstić information content (AvgIpc) is 2.47. The molecule has 0 aliphatic heterocycles. The molecule has 0 unspecified atom stereocenters. The number of benzene rings is 2. The first-order valence-corrected chi connectivity index (χ1v) is 6.90. The summed E-state index contributed by atoms with van der Waals surface area (Å²) in [5.74, 6) is 0.754. The maximum atomic E-state index is 11.8. The second kappa shape index (κ2) is 6.96. The van der Waals surface area contributed by atoms with Crippen molar-refractivity contribution in [2.45, 2.75) is 6.54 Å². The molecule has 2 rings (SSSR count). The predicted octanol–water partition coefficient (Wildman–Crippen LogP) is 3.78. The van der Waals surface area contributed by atoms with Crippen LogP contribution in [0, 0.1) is 0 Å². The molecular formula is C15H15BrN2O2. The fourth-order valence-electron chi connectivity index (χ4n) is 1.67. The Morgan fingerprint density at radius 3 is 2.50 bits per heavy atom. The van der Waals surface area contributed by atoms with Crippen LogP contribution in [-0.4, -0.2) is 13.1 Å². The van der Waals surface area contributed by atoms with E-state index in [4.69, 9.17) is 4.74 Å². The van der Waals surface area contributed by atoms with Crippen LogP contribution in [0.25, 0.3) is 0 Å². The third-order valence-corrected chi connectivity index (χ3v) is 3.52. The van der Waals surface area contributed by atoms with Crippen molar-refractivity contribution >= 4 is 27.6 Å². The summed E-state index contributed by atoms with van der Waals surface area (Å²) in [6.45, 7) is 0.462. The second-order valence-corrected chi connectivity index (χ2v) is 4.98. The van der Waals surface area contributed by atoms with Crippen LogP contribution < -0.4 is 15.4 Å². The minimum absolute atomic E-state index is 0.245. The maximum Gasteiger partial charge on any atom is 0.319 e. The number of ether oxygens (including phenoxy) is 1. The number of halogens is 1. The number of amides is 2. The van der Waals surface area contributed by atoms with Gasteiger partial charge in [0.15, 0.2) is 0 Å². The summed E-state index contributed by atoms with van der Waals surface area (Å²) in [5, 5.41) is 5.57. The Bertz CT molecular complexity index is 585. The van der Waals surface area contributed by atoms with Gasteiger partial charge in [-0.2, -0.15) is 0 Å². The molecule has 4 nitrogen and oxygen atoms in total. The SMILES string of the molecule is COc1ccc(NC(=O)NCc2ccccc2Br)cc1. The van der Waals surface area contributed by atoms with Crippen molar-refractivity contribution in [3.05, 3.63) is 58.6 Å². The molecule has 104 valence electrons. The molecule has 0 saturated carbocycles. The van der Waals surface area contributed by atoms with Crippen molar-refractivity contribution < 1.29 is 9.53 Å². The van der Waals surface area contributed by atoms with E-state index in [2.05, 4.69) is 26.6 Å². The molecule has 0 atom stereocenters. The van der Waals surface area contributed by atoms with Crippen LogP contribution in [0.4, 0.5) is 10.5 Å². The molecule has 0 aliphatic carbocycles. The summed E-state index contributed by atoms with van der Waals surface area (Å²) < 4.78 is 6.04. The third kappa shape index (κ3) is 3.99. The van der Waals surface area contributed by atoms with Crippen molar-refractivity contribution in [1.82, 2.24) is 5.32 Å². The van der Waals surface area contributed by atoms with Gasteiger partial charge in [-0.15, -0.1) is 0 Å². The number of hydrogen-bond donors (Lipinski definition) is 2. The smallest absolute Gasteiger partial charge is 0.319 e. The highest BCUT2D eigenvalue weighted by atomic mass is 79.9. The minimum atomic E-state index is -0.245. The fourth-order valence-corrected chi connectivity index (χ4v) is 2.09. The Balaban J connectivity index is 1.87. The molecular weight excluding hydrogens is 320 g/mol. The number of hydrogen-bond acceptors (Lipinski definition) is 2. The molecule has 2 aromatic rings. The van der Waals surface area contributed by atoms with Gasteiger partial charge in [-0.3, -0.25) is 0 Å². The van der Waals surface area contributed by atoms with E-state index in [1.807, 2.05) is 24.3 Å². The zero-order valence-corrected chi connectivity index (χ0v) is 12.6. The van der Waals surface area contributed by atoms with Crippen LogP contribution >= 0.6 is 15.9 Å². The van der Waals surface area contributed by atoms with E-state index in [9.17, 15) is 4.79 Å². The van der Waals surface area contributed by atoms with E-state index in [0.29, 0.717) is 6.54 Å². The van der Waals surface area contributed by atoms with E-state index >= 15 is 0 Å². The Hall–Kier alpha value is -2.01. The van der Waals surface area contributed by atoms with Crippen molar-refractivity contribution in [3.63, 3.8) is 0 Å². The summed E-state index contributed by atoms with van der Waals surface area (Å²) in [7, 11) is 1.60. The monoisotopic (exact) mass is 334 g/mol. The number of anilines is 1.